The molecule has 4 heteroatoms. The number of hydrogen-bond acceptors (Lipinski definition) is 1. The third-order valence-electron chi connectivity index (χ3n) is 1.99. The third-order valence-corrected chi connectivity index (χ3v) is 2.48. The number of benzene rings is 1. The fourth-order valence-electron chi connectivity index (χ4n) is 1.45. The Labute approximate surface area is 90.5 Å². The molecule has 0 unspecified atom stereocenters. The van der Waals surface area contributed by atoms with Crippen LogP contribution in [-0.4, -0.2) is 4.98 Å². The van der Waals surface area contributed by atoms with E-state index in [9.17, 15) is 4.39 Å². The molecular weight excluding hydrogens is 224 g/mol. The maximum absolute atomic E-state index is 13.0. The number of aryl methyl sites for hydroxylation is 1. The zero-order chi connectivity index (χ0) is 10.3. The first-order valence-corrected chi connectivity index (χ1v) is 4.75. The minimum absolute atomic E-state index is 0.271. The van der Waals surface area contributed by atoms with Crippen LogP contribution in [0.15, 0.2) is 18.2 Å². The molecular formula is C10H6Cl2FN. The summed E-state index contributed by atoms with van der Waals surface area (Å²) in [6, 6.07) is 4.29. The lowest BCUT2D eigenvalue weighted by Crippen LogP contribution is -1.87. The van der Waals surface area contributed by atoms with E-state index in [0.717, 1.165) is 10.9 Å². The lowest BCUT2D eigenvalue weighted by Gasteiger charge is -2.04. The molecule has 0 aliphatic carbocycles. The van der Waals surface area contributed by atoms with Crippen LogP contribution in [0.3, 0.4) is 0 Å². The maximum atomic E-state index is 13.0. The van der Waals surface area contributed by atoms with Gasteiger partial charge in [-0.2, -0.15) is 0 Å². The predicted octanol–water partition coefficient (Wildman–Crippen LogP) is 3.99. The molecule has 0 amide bonds. The summed E-state index contributed by atoms with van der Waals surface area (Å²) in [6.07, 6.45) is 0. The fourth-order valence-corrected chi connectivity index (χ4v) is 2.05. The average molecular weight is 230 g/mol. The van der Waals surface area contributed by atoms with Gasteiger partial charge in [-0.3, -0.25) is 0 Å². The largest absolute Gasteiger partial charge is 0.236 e. The molecule has 2 aromatic rings. The first kappa shape index (κ1) is 9.69. The van der Waals surface area contributed by atoms with Crippen molar-refractivity contribution in [3.05, 3.63) is 39.8 Å². The Balaban J connectivity index is 2.94. The molecule has 72 valence electrons. The van der Waals surface area contributed by atoms with Crippen LogP contribution in [-0.2, 0) is 0 Å². The molecule has 14 heavy (non-hydrogen) atoms. The number of rotatable bonds is 0. The molecule has 1 aromatic carbocycles. The number of nitrogens with zero attached hydrogens (tertiary/aromatic N) is 1. The van der Waals surface area contributed by atoms with Gasteiger partial charge in [0.1, 0.15) is 11.0 Å². The second-order valence-corrected chi connectivity index (χ2v) is 3.84. The van der Waals surface area contributed by atoms with Gasteiger partial charge in [0.2, 0.25) is 0 Å². The molecule has 1 heterocycles. The Morgan fingerprint density at radius 1 is 1.21 bits per heavy atom. The second-order valence-electron chi connectivity index (χ2n) is 3.04. The van der Waals surface area contributed by atoms with Crippen LogP contribution in [0.4, 0.5) is 4.39 Å². The summed E-state index contributed by atoms with van der Waals surface area (Å²) in [5.41, 5.74) is 1.24. The SMILES string of the molecule is Cc1cc(F)cc2nc(Cl)cc(Cl)c12. The molecule has 0 radical (unpaired) electrons. The number of fused-ring (bicyclic) bond motifs is 1. The predicted molar refractivity (Wildman–Crippen MR) is 56.5 cm³/mol. The smallest absolute Gasteiger partial charge is 0.131 e. The van der Waals surface area contributed by atoms with E-state index in [2.05, 4.69) is 4.98 Å². The lowest BCUT2D eigenvalue weighted by molar-refractivity contribution is 0.628. The molecule has 0 spiro atoms. The van der Waals surface area contributed by atoms with E-state index < -0.39 is 0 Å². The third kappa shape index (κ3) is 1.56. The Kier molecular flexibility index (Phi) is 2.33. The lowest BCUT2D eigenvalue weighted by atomic mass is 10.1. The standard InChI is InChI=1S/C10H6Cl2FN/c1-5-2-6(13)3-8-10(5)7(11)4-9(12)14-8/h2-4H,1H3. The Hall–Kier alpha value is -0.860. The zero-order valence-electron chi connectivity index (χ0n) is 7.31. The molecule has 1 nitrogen and oxygen atoms in total. The summed E-state index contributed by atoms with van der Waals surface area (Å²) in [4.78, 5) is 4.00. The highest BCUT2D eigenvalue weighted by Crippen LogP contribution is 2.28. The van der Waals surface area contributed by atoms with Gasteiger partial charge in [-0.15, -0.1) is 0 Å². The minimum atomic E-state index is -0.333. The molecule has 0 aliphatic rings. The van der Waals surface area contributed by atoms with Crippen molar-refractivity contribution in [1.29, 1.82) is 0 Å². The Bertz CT molecular complexity index is 468. The van der Waals surface area contributed by atoms with Gasteiger partial charge in [0.15, 0.2) is 0 Å². The zero-order valence-corrected chi connectivity index (χ0v) is 8.83. The number of pyridine rings is 1. The first-order chi connectivity index (χ1) is 6.58. The van der Waals surface area contributed by atoms with Crippen molar-refractivity contribution < 1.29 is 4.39 Å². The van der Waals surface area contributed by atoms with Crippen LogP contribution in [0.1, 0.15) is 5.56 Å². The topological polar surface area (TPSA) is 12.9 Å². The van der Waals surface area contributed by atoms with Crippen LogP contribution in [0.2, 0.25) is 10.2 Å². The highest BCUT2D eigenvalue weighted by Gasteiger charge is 2.07. The fraction of sp³-hybridized carbons (Fsp3) is 0.100. The van der Waals surface area contributed by atoms with Crippen molar-refractivity contribution in [1.82, 2.24) is 4.98 Å². The minimum Gasteiger partial charge on any atom is -0.236 e. The van der Waals surface area contributed by atoms with E-state index in [-0.39, 0.29) is 11.0 Å². The first-order valence-electron chi connectivity index (χ1n) is 4.00. The van der Waals surface area contributed by atoms with E-state index in [0.29, 0.717) is 10.5 Å². The normalized spacial score (nSPS) is 10.9. The molecule has 0 fully saturated rings. The number of hydrogen-bond donors (Lipinski definition) is 0. The highest BCUT2D eigenvalue weighted by atomic mass is 35.5. The molecule has 0 aliphatic heterocycles. The van der Waals surface area contributed by atoms with Crippen LogP contribution >= 0.6 is 23.2 Å². The number of aromatic nitrogens is 1. The Morgan fingerprint density at radius 2 is 1.93 bits per heavy atom. The van der Waals surface area contributed by atoms with Crippen LogP contribution in [0.5, 0.6) is 0 Å². The summed E-state index contributed by atoms with van der Waals surface area (Å²) in [7, 11) is 0. The van der Waals surface area contributed by atoms with Crippen LogP contribution in [0, 0.1) is 12.7 Å². The van der Waals surface area contributed by atoms with E-state index in [1.165, 1.54) is 12.1 Å². The van der Waals surface area contributed by atoms with Gasteiger partial charge < -0.3 is 0 Å². The molecule has 0 saturated heterocycles. The van der Waals surface area contributed by atoms with Crippen LogP contribution in [0.25, 0.3) is 10.9 Å². The highest BCUT2D eigenvalue weighted by molar-refractivity contribution is 6.38. The molecule has 0 saturated carbocycles. The van der Waals surface area contributed by atoms with Crippen molar-refractivity contribution in [3.8, 4) is 0 Å². The number of halogens is 3. The van der Waals surface area contributed by atoms with Crippen molar-refractivity contribution in [3.63, 3.8) is 0 Å². The van der Waals surface area contributed by atoms with Gasteiger partial charge in [-0.1, -0.05) is 23.2 Å². The van der Waals surface area contributed by atoms with Gasteiger partial charge in [0.25, 0.3) is 0 Å². The van der Waals surface area contributed by atoms with Gasteiger partial charge >= 0.3 is 0 Å². The van der Waals surface area contributed by atoms with Gasteiger partial charge in [-0.05, 0) is 24.6 Å². The van der Waals surface area contributed by atoms with Gasteiger partial charge in [0, 0.05) is 11.5 Å². The molecule has 0 N–H and O–H groups in total. The molecule has 0 atom stereocenters. The van der Waals surface area contributed by atoms with Crippen molar-refractivity contribution in [2.24, 2.45) is 0 Å². The molecule has 2 rings (SSSR count). The average Bonchev–Trinajstić information content (AvgIpc) is 1.99. The quantitative estimate of drug-likeness (QED) is 0.623. The van der Waals surface area contributed by atoms with E-state index >= 15 is 0 Å². The summed E-state index contributed by atoms with van der Waals surface area (Å²) in [5, 5.41) is 1.52. The van der Waals surface area contributed by atoms with Crippen molar-refractivity contribution in [2.75, 3.05) is 0 Å². The Morgan fingerprint density at radius 3 is 2.64 bits per heavy atom. The summed E-state index contributed by atoms with van der Waals surface area (Å²) in [6.45, 7) is 1.78. The second kappa shape index (κ2) is 3.37. The van der Waals surface area contributed by atoms with Gasteiger partial charge in [-0.25, -0.2) is 9.37 Å². The van der Waals surface area contributed by atoms with Crippen molar-refractivity contribution in [2.45, 2.75) is 6.92 Å². The van der Waals surface area contributed by atoms with Crippen LogP contribution < -0.4 is 0 Å². The van der Waals surface area contributed by atoms with Gasteiger partial charge in [0.05, 0.1) is 10.5 Å². The molecule has 1 aromatic heterocycles. The maximum Gasteiger partial charge on any atom is 0.131 e. The summed E-state index contributed by atoms with van der Waals surface area (Å²) in [5.74, 6) is -0.333. The monoisotopic (exact) mass is 229 g/mol. The van der Waals surface area contributed by atoms with E-state index in [1.807, 2.05) is 0 Å². The summed E-state index contributed by atoms with van der Waals surface area (Å²) < 4.78 is 13.0. The van der Waals surface area contributed by atoms with E-state index in [1.54, 1.807) is 13.0 Å². The molecule has 0 bridgehead atoms. The summed E-state index contributed by atoms with van der Waals surface area (Å²) >= 11 is 11.7. The van der Waals surface area contributed by atoms with E-state index in [4.69, 9.17) is 23.2 Å². The van der Waals surface area contributed by atoms with Crippen molar-refractivity contribution >= 4 is 34.1 Å².